The highest BCUT2D eigenvalue weighted by molar-refractivity contribution is 5.88. The van der Waals surface area contributed by atoms with Crippen LogP contribution in [0, 0.1) is 0 Å². The summed E-state index contributed by atoms with van der Waals surface area (Å²) in [5.41, 5.74) is 3.73. The molecule has 0 bridgehead atoms. The quantitative estimate of drug-likeness (QED) is 0.652. The molecule has 4 heteroatoms. The van der Waals surface area contributed by atoms with E-state index in [2.05, 4.69) is 60.4 Å². The zero-order valence-corrected chi connectivity index (χ0v) is 15.9. The molecule has 138 valence electrons. The lowest BCUT2D eigenvalue weighted by Crippen LogP contribution is -2.43. The first-order valence-corrected chi connectivity index (χ1v) is 9.40. The smallest absolute Gasteiger partial charge is 0.179 e. The van der Waals surface area contributed by atoms with E-state index in [1.807, 2.05) is 0 Å². The van der Waals surface area contributed by atoms with Crippen LogP contribution in [0.5, 0.6) is 17.2 Å². The van der Waals surface area contributed by atoms with Gasteiger partial charge in [0.15, 0.2) is 17.7 Å². The molecule has 0 N–H and O–H groups in total. The topological polar surface area (TPSA) is 30.9 Å². The van der Waals surface area contributed by atoms with E-state index in [0.717, 1.165) is 30.2 Å². The van der Waals surface area contributed by atoms with Crippen LogP contribution in [0.2, 0.25) is 0 Å². The second kappa shape index (κ2) is 6.17. The molecule has 0 saturated carbocycles. The molecular weight excluding hydrogens is 338 g/mol. The van der Waals surface area contributed by atoms with Gasteiger partial charge in [-0.3, -0.25) is 4.90 Å². The molecule has 2 heterocycles. The Balaban J connectivity index is 1.65. The van der Waals surface area contributed by atoms with Gasteiger partial charge >= 0.3 is 0 Å². The lowest BCUT2D eigenvalue weighted by molar-refractivity contribution is -0.0323. The van der Waals surface area contributed by atoms with Crippen LogP contribution in [-0.2, 0) is 6.42 Å². The second-order valence-corrected chi connectivity index (χ2v) is 7.24. The van der Waals surface area contributed by atoms with Gasteiger partial charge in [0.2, 0.25) is 0 Å². The molecule has 0 amide bonds. The summed E-state index contributed by atoms with van der Waals surface area (Å²) in [7, 11) is 3.36. The number of nitrogens with zero attached hydrogens (tertiary/aromatic N) is 1. The van der Waals surface area contributed by atoms with Crippen LogP contribution in [0.4, 0.5) is 0 Å². The predicted octanol–water partition coefficient (Wildman–Crippen LogP) is 4.87. The third kappa shape index (κ3) is 2.40. The van der Waals surface area contributed by atoms with Crippen LogP contribution in [0.25, 0.3) is 10.8 Å². The molecule has 0 radical (unpaired) electrons. The van der Waals surface area contributed by atoms with Crippen molar-refractivity contribution in [1.82, 2.24) is 4.90 Å². The summed E-state index contributed by atoms with van der Waals surface area (Å²) >= 11 is 0. The van der Waals surface area contributed by atoms with Gasteiger partial charge in [0.25, 0.3) is 0 Å². The van der Waals surface area contributed by atoms with Gasteiger partial charge in [-0.15, -0.1) is 0 Å². The van der Waals surface area contributed by atoms with Crippen molar-refractivity contribution in [3.8, 4) is 17.2 Å². The zero-order valence-electron chi connectivity index (χ0n) is 15.9. The van der Waals surface area contributed by atoms with Gasteiger partial charge in [-0.25, -0.2) is 0 Å². The molecule has 5 rings (SSSR count). The van der Waals surface area contributed by atoms with E-state index in [-0.39, 0.29) is 12.3 Å². The number of hydrogen-bond donors (Lipinski definition) is 0. The highest BCUT2D eigenvalue weighted by Gasteiger charge is 2.39. The number of hydrogen-bond acceptors (Lipinski definition) is 4. The van der Waals surface area contributed by atoms with Gasteiger partial charge in [-0.05, 0) is 47.9 Å². The minimum absolute atomic E-state index is 0.0998. The van der Waals surface area contributed by atoms with Gasteiger partial charge < -0.3 is 14.2 Å². The van der Waals surface area contributed by atoms with Crippen molar-refractivity contribution in [2.75, 3.05) is 20.8 Å². The Kier molecular flexibility index (Phi) is 3.76. The maximum absolute atomic E-state index is 6.54. The molecule has 4 nitrogen and oxygen atoms in total. The van der Waals surface area contributed by atoms with Gasteiger partial charge in [-0.2, -0.15) is 0 Å². The van der Waals surface area contributed by atoms with Crippen molar-refractivity contribution in [2.45, 2.75) is 25.6 Å². The number of fused-ring (bicyclic) bond motifs is 6. The molecule has 2 aliphatic heterocycles. The summed E-state index contributed by atoms with van der Waals surface area (Å²) in [6, 6.07) is 17.3. The monoisotopic (exact) mass is 361 g/mol. The Morgan fingerprint density at radius 1 is 1.00 bits per heavy atom. The van der Waals surface area contributed by atoms with E-state index in [1.54, 1.807) is 14.2 Å². The van der Waals surface area contributed by atoms with Gasteiger partial charge in [-0.1, -0.05) is 30.3 Å². The highest BCUT2D eigenvalue weighted by atomic mass is 16.5. The third-order valence-electron chi connectivity index (χ3n) is 5.94. The van der Waals surface area contributed by atoms with Crippen molar-refractivity contribution in [1.29, 1.82) is 0 Å². The fourth-order valence-electron chi connectivity index (χ4n) is 4.55. The van der Waals surface area contributed by atoms with E-state index in [9.17, 15) is 0 Å². The fourth-order valence-corrected chi connectivity index (χ4v) is 4.55. The Hall–Kier alpha value is -2.72. The maximum Gasteiger partial charge on any atom is 0.179 e. The normalized spacial score (nSPS) is 21.0. The Bertz CT molecular complexity index is 1030. The molecule has 0 fully saturated rings. The lowest BCUT2D eigenvalue weighted by Gasteiger charge is -2.45. The molecule has 2 aliphatic rings. The standard InChI is InChI=1S/C23H23NO3/c1-14-22-17-7-5-4-6-15(17)8-9-19(22)27-23-18-13-21(26-3)20(25-2)12-16(18)10-11-24(14)23/h4-9,12-14,23H,10-11H2,1-3H3. The molecule has 27 heavy (non-hydrogen) atoms. The van der Waals surface area contributed by atoms with Crippen LogP contribution in [0.3, 0.4) is 0 Å². The average Bonchev–Trinajstić information content (AvgIpc) is 2.72. The summed E-state index contributed by atoms with van der Waals surface area (Å²) in [4.78, 5) is 2.45. The van der Waals surface area contributed by atoms with Crippen LogP contribution in [0.1, 0.15) is 35.9 Å². The van der Waals surface area contributed by atoms with Gasteiger partial charge in [0.05, 0.1) is 14.2 Å². The molecule has 3 aromatic rings. The van der Waals surface area contributed by atoms with E-state index in [4.69, 9.17) is 14.2 Å². The molecule has 0 aliphatic carbocycles. The van der Waals surface area contributed by atoms with Crippen molar-refractivity contribution < 1.29 is 14.2 Å². The second-order valence-electron chi connectivity index (χ2n) is 7.24. The molecule has 0 saturated heterocycles. The summed E-state index contributed by atoms with van der Waals surface area (Å²) in [6.45, 7) is 3.24. The Morgan fingerprint density at radius 3 is 2.59 bits per heavy atom. The molecule has 0 aromatic heterocycles. The third-order valence-corrected chi connectivity index (χ3v) is 5.94. The van der Waals surface area contributed by atoms with Crippen LogP contribution >= 0.6 is 0 Å². The lowest BCUT2D eigenvalue weighted by atomic mass is 9.90. The first-order chi connectivity index (χ1) is 13.2. The van der Waals surface area contributed by atoms with E-state index < -0.39 is 0 Å². The van der Waals surface area contributed by atoms with Crippen molar-refractivity contribution in [3.05, 3.63) is 65.2 Å². The highest BCUT2D eigenvalue weighted by Crippen LogP contribution is 2.48. The summed E-state index contributed by atoms with van der Waals surface area (Å²) in [5, 5.41) is 2.54. The summed E-state index contributed by atoms with van der Waals surface area (Å²) in [5.74, 6) is 2.50. The van der Waals surface area contributed by atoms with Crippen molar-refractivity contribution in [2.24, 2.45) is 0 Å². The first kappa shape index (κ1) is 16.5. The number of ether oxygens (including phenoxy) is 3. The number of rotatable bonds is 2. The summed E-state index contributed by atoms with van der Waals surface area (Å²) in [6.07, 6.45) is 0.872. The van der Waals surface area contributed by atoms with Crippen molar-refractivity contribution >= 4 is 10.8 Å². The number of methoxy groups -OCH3 is 2. The van der Waals surface area contributed by atoms with Gasteiger partial charge in [0, 0.05) is 23.7 Å². The van der Waals surface area contributed by atoms with Crippen molar-refractivity contribution in [3.63, 3.8) is 0 Å². The minimum atomic E-state index is -0.0998. The molecule has 0 spiro atoms. The Morgan fingerprint density at radius 2 is 1.78 bits per heavy atom. The molecule has 2 unspecified atom stereocenters. The predicted molar refractivity (Wildman–Crippen MR) is 106 cm³/mol. The van der Waals surface area contributed by atoms with E-state index in [0.29, 0.717) is 0 Å². The van der Waals surface area contributed by atoms with E-state index in [1.165, 1.54) is 27.5 Å². The zero-order chi connectivity index (χ0) is 18.5. The average molecular weight is 361 g/mol. The van der Waals surface area contributed by atoms with Crippen LogP contribution in [0.15, 0.2) is 48.5 Å². The minimum Gasteiger partial charge on any atom is -0.493 e. The molecular formula is C23H23NO3. The van der Waals surface area contributed by atoms with Crippen LogP contribution in [-0.4, -0.2) is 25.7 Å². The Labute approximate surface area is 159 Å². The van der Waals surface area contributed by atoms with E-state index >= 15 is 0 Å². The fraction of sp³-hybridized carbons (Fsp3) is 0.304. The van der Waals surface area contributed by atoms with Crippen LogP contribution < -0.4 is 14.2 Å². The largest absolute Gasteiger partial charge is 0.493 e. The first-order valence-electron chi connectivity index (χ1n) is 9.40. The molecule has 3 aromatic carbocycles. The summed E-state index contributed by atoms with van der Waals surface area (Å²) < 4.78 is 17.6. The van der Waals surface area contributed by atoms with Gasteiger partial charge in [0.1, 0.15) is 5.75 Å². The SMILES string of the molecule is COc1cc2c(cc1OC)C1Oc3ccc4ccccc4c3C(C)N1CC2. The number of benzene rings is 3. The molecule has 2 atom stereocenters. The maximum atomic E-state index is 6.54.